The Morgan fingerprint density at radius 1 is 1.06 bits per heavy atom. The van der Waals surface area contributed by atoms with Crippen LogP contribution in [-0.2, 0) is 0 Å². The molecule has 0 radical (unpaired) electrons. The van der Waals surface area contributed by atoms with Gasteiger partial charge in [-0.2, -0.15) is 4.98 Å². The van der Waals surface area contributed by atoms with E-state index in [1.165, 1.54) is 16.7 Å². The van der Waals surface area contributed by atoms with E-state index in [0.717, 1.165) is 13.1 Å². The second kappa shape index (κ2) is 7.39. The first kappa shape index (κ1) is 19.4. The highest BCUT2D eigenvalue weighted by molar-refractivity contribution is 6.33. The highest BCUT2D eigenvalue weighted by Crippen LogP contribution is 2.43. The van der Waals surface area contributed by atoms with Crippen LogP contribution in [0, 0.1) is 17.7 Å². The minimum atomic E-state index is -0.376. The summed E-state index contributed by atoms with van der Waals surface area (Å²) in [6.07, 6.45) is 1.71. The van der Waals surface area contributed by atoms with Crippen LogP contribution in [0.5, 0.6) is 0 Å². The number of rotatable bonds is 4. The van der Waals surface area contributed by atoms with Crippen molar-refractivity contribution in [2.45, 2.75) is 6.04 Å². The summed E-state index contributed by atoms with van der Waals surface area (Å²) >= 11 is 6.39. The van der Waals surface area contributed by atoms with E-state index in [0.29, 0.717) is 56.7 Å². The number of aromatic nitrogens is 3. The smallest absolute Gasteiger partial charge is 0.264 e. The number of halogens is 2. The largest absolute Gasteiger partial charge is 0.351 e. The predicted molar refractivity (Wildman–Crippen MR) is 123 cm³/mol. The zero-order valence-electron chi connectivity index (χ0n) is 16.9. The number of anilines is 1. The first-order chi connectivity index (χ1) is 15.6. The monoisotopic (exact) mass is 447 g/mol. The van der Waals surface area contributed by atoms with Gasteiger partial charge in [-0.05, 0) is 48.2 Å². The maximum absolute atomic E-state index is 13.6. The lowest BCUT2D eigenvalue weighted by Gasteiger charge is -2.14. The van der Waals surface area contributed by atoms with E-state index in [2.05, 4.69) is 15.6 Å². The molecule has 1 aliphatic carbocycles. The quantitative estimate of drug-likeness (QED) is 0.497. The minimum absolute atomic E-state index is 0.283. The molecular formula is C24H19ClFN5O. The molecule has 2 fully saturated rings. The van der Waals surface area contributed by atoms with Crippen LogP contribution < -0.4 is 16.2 Å². The third-order valence-electron chi connectivity index (χ3n) is 6.38. The van der Waals surface area contributed by atoms with Crippen LogP contribution in [0.15, 0.2) is 65.6 Å². The van der Waals surface area contributed by atoms with Gasteiger partial charge in [0.2, 0.25) is 5.95 Å². The van der Waals surface area contributed by atoms with Crippen LogP contribution in [0.3, 0.4) is 0 Å². The van der Waals surface area contributed by atoms with E-state index < -0.39 is 0 Å². The van der Waals surface area contributed by atoms with Gasteiger partial charge in [-0.1, -0.05) is 29.8 Å². The predicted octanol–water partition coefficient (Wildman–Crippen LogP) is 3.87. The molecule has 160 valence electrons. The van der Waals surface area contributed by atoms with Crippen molar-refractivity contribution in [3.63, 3.8) is 0 Å². The minimum Gasteiger partial charge on any atom is -0.351 e. The van der Waals surface area contributed by atoms with E-state index in [9.17, 15) is 9.18 Å². The van der Waals surface area contributed by atoms with Gasteiger partial charge in [0.25, 0.3) is 5.56 Å². The summed E-state index contributed by atoms with van der Waals surface area (Å²) in [4.78, 5) is 22.8. The van der Waals surface area contributed by atoms with Crippen molar-refractivity contribution in [1.82, 2.24) is 19.9 Å². The molecule has 2 aliphatic rings. The Bertz CT molecular complexity index is 1390. The van der Waals surface area contributed by atoms with Crippen molar-refractivity contribution in [3.8, 4) is 16.8 Å². The van der Waals surface area contributed by atoms with E-state index in [1.807, 2.05) is 12.1 Å². The van der Waals surface area contributed by atoms with E-state index in [1.54, 1.807) is 36.5 Å². The number of benzene rings is 2. The molecule has 4 aromatic rings. The van der Waals surface area contributed by atoms with Crippen LogP contribution in [0.2, 0.25) is 5.02 Å². The van der Waals surface area contributed by atoms with Crippen molar-refractivity contribution >= 4 is 28.6 Å². The maximum Gasteiger partial charge on any atom is 0.264 e. The molecule has 2 N–H and O–H groups in total. The standard InChI is InChI=1S/C24H19ClFN5O/c25-20-4-2-1-3-16(20)17-9-13-10-28-24(29-21-18-11-27-12-19(18)21)30-22(13)31(23(17)32)15-7-5-14(26)6-8-15/h1-10,18-19,21,27H,11-12H2,(H,28,29,30). The van der Waals surface area contributed by atoms with Gasteiger partial charge in [-0.15, -0.1) is 0 Å². The van der Waals surface area contributed by atoms with E-state index in [-0.39, 0.29) is 11.4 Å². The molecule has 2 aromatic heterocycles. The number of nitrogens with zero attached hydrogens (tertiary/aromatic N) is 3. The molecule has 6 nitrogen and oxygen atoms in total. The highest BCUT2D eigenvalue weighted by Gasteiger charge is 2.53. The first-order valence-electron chi connectivity index (χ1n) is 10.5. The highest BCUT2D eigenvalue weighted by atomic mass is 35.5. The molecule has 6 rings (SSSR count). The Kier molecular flexibility index (Phi) is 4.48. The van der Waals surface area contributed by atoms with Crippen LogP contribution in [0.4, 0.5) is 10.3 Å². The molecule has 1 aliphatic heterocycles. The average Bonchev–Trinajstić information content (AvgIpc) is 3.20. The van der Waals surface area contributed by atoms with Crippen LogP contribution >= 0.6 is 11.6 Å². The third kappa shape index (κ3) is 3.16. The second-order valence-corrected chi connectivity index (χ2v) is 8.69. The average molecular weight is 448 g/mol. The van der Waals surface area contributed by atoms with Crippen molar-refractivity contribution < 1.29 is 4.39 Å². The zero-order chi connectivity index (χ0) is 21.8. The van der Waals surface area contributed by atoms with Crippen molar-refractivity contribution in [1.29, 1.82) is 0 Å². The summed E-state index contributed by atoms with van der Waals surface area (Å²) in [7, 11) is 0. The molecule has 1 saturated carbocycles. The Hall–Kier alpha value is -3.29. The van der Waals surface area contributed by atoms with Gasteiger partial charge in [-0.25, -0.2) is 9.37 Å². The number of hydrogen-bond acceptors (Lipinski definition) is 5. The SMILES string of the molecule is O=c1c(-c2ccccc2Cl)cc2cnc(NC3C4CNCC43)nc2n1-c1ccc(F)cc1. The molecule has 2 unspecified atom stereocenters. The Labute approximate surface area is 188 Å². The fourth-order valence-electron chi connectivity index (χ4n) is 4.65. The topological polar surface area (TPSA) is 71.8 Å². The van der Waals surface area contributed by atoms with Crippen LogP contribution in [-0.4, -0.2) is 33.7 Å². The molecule has 2 aromatic carbocycles. The van der Waals surface area contributed by atoms with Gasteiger partial charge < -0.3 is 10.6 Å². The van der Waals surface area contributed by atoms with Gasteiger partial charge in [-0.3, -0.25) is 9.36 Å². The molecule has 0 bridgehead atoms. The van der Waals surface area contributed by atoms with Crippen molar-refractivity contribution in [2.75, 3.05) is 18.4 Å². The van der Waals surface area contributed by atoms with E-state index >= 15 is 0 Å². The van der Waals surface area contributed by atoms with Gasteiger partial charge in [0.05, 0.1) is 5.69 Å². The molecule has 1 saturated heterocycles. The van der Waals surface area contributed by atoms with Crippen LogP contribution in [0.25, 0.3) is 27.8 Å². The van der Waals surface area contributed by atoms with Gasteiger partial charge >= 0.3 is 0 Å². The van der Waals surface area contributed by atoms with Crippen molar-refractivity contribution in [2.24, 2.45) is 11.8 Å². The normalized spacial score (nSPS) is 21.5. The lowest BCUT2D eigenvalue weighted by Crippen LogP contribution is -2.24. The molecule has 32 heavy (non-hydrogen) atoms. The third-order valence-corrected chi connectivity index (χ3v) is 6.71. The second-order valence-electron chi connectivity index (χ2n) is 8.28. The number of nitrogens with one attached hydrogen (secondary N) is 2. The molecule has 0 spiro atoms. The summed E-state index contributed by atoms with van der Waals surface area (Å²) in [6, 6.07) is 15.1. The fraction of sp³-hybridized carbons (Fsp3) is 0.208. The lowest BCUT2D eigenvalue weighted by molar-refractivity contribution is 0.627. The number of piperidine rings is 1. The Balaban J connectivity index is 1.54. The van der Waals surface area contributed by atoms with E-state index in [4.69, 9.17) is 16.6 Å². The Morgan fingerprint density at radius 3 is 2.56 bits per heavy atom. The molecule has 2 atom stereocenters. The van der Waals surface area contributed by atoms with Gasteiger partial charge in [0.1, 0.15) is 5.82 Å². The van der Waals surface area contributed by atoms with Gasteiger partial charge in [0, 0.05) is 46.9 Å². The fourth-order valence-corrected chi connectivity index (χ4v) is 4.89. The summed E-state index contributed by atoms with van der Waals surface area (Å²) in [5.41, 5.74) is 1.75. The first-order valence-corrected chi connectivity index (χ1v) is 10.9. The zero-order valence-corrected chi connectivity index (χ0v) is 17.7. The van der Waals surface area contributed by atoms with Crippen LogP contribution in [0.1, 0.15) is 0 Å². The van der Waals surface area contributed by atoms with Crippen molar-refractivity contribution in [3.05, 3.63) is 82.0 Å². The Morgan fingerprint density at radius 2 is 1.81 bits per heavy atom. The molecule has 8 heteroatoms. The lowest BCUT2D eigenvalue weighted by atomic mass is 10.1. The number of fused-ring (bicyclic) bond motifs is 2. The molecule has 3 heterocycles. The molecular weight excluding hydrogens is 429 g/mol. The van der Waals surface area contributed by atoms with Gasteiger partial charge in [0.15, 0.2) is 5.65 Å². The maximum atomic E-state index is 13.6. The summed E-state index contributed by atoms with van der Waals surface area (Å²) in [5, 5.41) is 7.94. The summed E-state index contributed by atoms with van der Waals surface area (Å²) in [6.45, 7) is 1.99. The molecule has 0 amide bonds. The number of pyridine rings is 1. The summed E-state index contributed by atoms with van der Waals surface area (Å²) < 4.78 is 15.1. The number of hydrogen-bond donors (Lipinski definition) is 2. The summed E-state index contributed by atoms with van der Waals surface area (Å²) in [5.74, 6) is 1.30.